The Hall–Kier alpha value is -0.920. The predicted molar refractivity (Wildman–Crippen MR) is 59.7 cm³/mol. The molecule has 1 aromatic rings. The summed E-state index contributed by atoms with van der Waals surface area (Å²) in [5, 5.41) is 9.01. The van der Waals surface area contributed by atoms with Crippen LogP contribution in [0.4, 0.5) is 0 Å². The molecule has 2 rings (SSSR count). The fourth-order valence-corrected chi connectivity index (χ4v) is 2.29. The first kappa shape index (κ1) is 11.6. The highest BCUT2D eigenvalue weighted by Crippen LogP contribution is 2.31. The molecule has 0 amide bonds. The number of rotatable bonds is 2. The van der Waals surface area contributed by atoms with Gasteiger partial charge in [-0.2, -0.15) is 0 Å². The van der Waals surface area contributed by atoms with Gasteiger partial charge in [0, 0.05) is 23.5 Å². The fourth-order valence-electron chi connectivity index (χ4n) is 1.68. The maximum absolute atomic E-state index is 11.5. The predicted octanol–water partition coefficient (Wildman–Crippen LogP) is -0.420. The first-order valence-corrected chi connectivity index (χ1v) is 5.75. The van der Waals surface area contributed by atoms with Gasteiger partial charge in [-0.15, -0.1) is 0 Å². The first-order valence-electron chi connectivity index (χ1n) is 4.83. The van der Waals surface area contributed by atoms with Crippen molar-refractivity contribution in [1.29, 1.82) is 0 Å². The van der Waals surface area contributed by atoms with Crippen LogP contribution < -0.4 is 11.2 Å². The molecule has 1 aromatic heterocycles. The van der Waals surface area contributed by atoms with Gasteiger partial charge in [-0.25, -0.2) is 4.79 Å². The van der Waals surface area contributed by atoms with Crippen LogP contribution in [0.1, 0.15) is 12.6 Å². The third-order valence-corrected chi connectivity index (χ3v) is 3.47. The molecule has 6 nitrogen and oxygen atoms in total. The van der Waals surface area contributed by atoms with Crippen LogP contribution in [0.5, 0.6) is 0 Å². The molecule has 0 aromatic carbocycles. The summed E-state index contributed by atoms with van der Waals surface area (Å²) in [5.41, 5.74) is -0.941. The normalized spacial score (nSPS) is 29.5. The molecule has 1 aliphatic rings. The number of ether oxygens (including phenoxy) is 1. The maximum Gasteiger partial charge on any atom is 0.330 e. The number of aromatic amines is 1. The lowest BCUT2D eigenvalue weighted by atomic mass is 10.2. The fraction of sp³-hybridized carbons (Fsp3) is 0.556. The number of nitrogens with zero attached hydrogens (tertiary/aromatic N) is 1. The Balaban J connectivity index is 2.27. The standard InChI is InChI=1S/C9H11BrN2O4/c10-5-3-8(16-6(5)4-13)12-2-1-7(14)11-9(12)15/h1-2,5-6,8,13H,3-4H2,(H,11,14,15)/t5-,6+,8+/m0/s1. The molecule has 1 fully saturated rings. The van der Waals surface area contributed by atoms with Crippen molar-refractivity contribution in [3.63, 3.8) is 0 Å². The highest BCUT2D eigenvalue weighted by molar-refractivity contribution is 9.09. The van der Waals surface area contributed by atoms with Crippen LogP contribution in [-0.4, -0.2) is 32.2 Å². The van der Waals surface area contributed by atoms with Crippen LogP contribution in [0.3, 0.4) is 0 Å². The third kappa shape index (κ3) is 2.11. The zero-order valence-electron chi connectivity index (χ0n) is 8.30. The summed E-state index contributed by atoms with van der Waals surface area (Å²) < 4.78 is 6.78. The van der Waals surface area contributed by atoms with Crippen LogP contribution >= 0.6 is 15.9 Å². The number of halogens is 1. The minimum Gasteiger partial charge on any atom is -0.394 e. The number of hydrogen-bond acceptors (Lipinski definition) is 4. The summed E-state index contributed by atoms with van der Waals surface area (Å²) in [6.07, 6.45) is 1.18. The Kier molecular flexibility index (Phi) is 3.27. The molecule has 0 unspecified atom stereocenters. The van der Waals surface area contributed by atoms with Crippen LogP contribution in [0.15, 0.2) is 21.9 Å². The summed E-state index contributed by atoms with van der Waals surface area (Å²) >= 11 is 3.37. The monoisotopic (exact) mass is 290 g/mol. The minimum absolute atomic E-state index is 0.00123. The molecule has 3 atom stereocenters. The molecule has 2 heterocycles. The van der Waals surface area contributed by atoms with E-state index in [2.05, 4.69) is 20.9 Å². The molecule has 88 valence electrons. The number of aliphatic hydroxyl groups is 1. The molecule has 7 heteroatoms. The molecular weight excluding hydrogens is 280 g/mol. The van der Waals surface area contributed by atoms with Gasteiger partial charge in [0.25, 0.3) is 5.56 Å². The molecule has 16 heavy (non-hydrogen) atoms. The Morgan fingerprint density at radius 2 is 2.38 bits per heavy atom. The average molecular weight is 291 g/mol. The number of aliphatic hydroxyl groups excluding tert-OH is 1. The maximum atomic E-state index is 11.5. The van der Waals surface area contributed by atoms with Crippen molar-refractivity contribution in [1.82, 2.24) is 9.55 Å². The van der Waals surface area contributed by atoms with Gasteiger partial charge >= 0.3 is 5.69 Å². The van der Waals surface area contributed by atoms with Gasteiger partial charge in [0.2, 0.25) is 0 Å². The second kappa shape index (κ2) is 4.52. The van der Waals surface area contributed by atoms with Gasteiger partial charge in [0.15, 0.2) is 0 Å². The first-order chi connectivity index (χ1) is 7.61. The number of aromatic nitrogens is 2. The Labute approximate surface area is 99.0 Å². The third-order valence-electron chi connectivity index (χ3n) is 2.50. The van der Waals surface area contributed by atoms with Gasteiger partial charge in [0.1, 0.15) is 6.23 Å². The van der Waals surface area contributed by atoms with E-state index >= 15 is 0 Å². The number of nitrogens with one attached hydrogen (secondary N) is 1. The number of hydrogen-bond donors (Lipinski definition) is 2. The number of alkyl halides is 1. The largest absolute Gasteiger partial charge is 0.394 e. The summed E-state index contributed by atoms with van der Waals surface area (Å²) in [6.45, 7) is -0.107. The Bertz CT molecular complexity index is 483. The molecular formula is C9H11BrN2O4. The van der Waals surface area contributed by atoms with E-state index in [-0.39, 0.29) is 17.5 Å². The molecule has 1 saturated heterocycles. The summed E-state index contributed by atoms with van der Waals surface area (Å²) in [5.74, 6) is 0. The molecule has 0 aliphatic carbocycles. The Morgan fingerprint density at radius 3 is 2.94 bits per heavy atom. The quantitative estimate of drug-likeness (QED) is 0.725. The summed E-state index contributed by atoms with van der Waals surface area (Å²) in [7, 11) is 0. The average Bonchev–Trinajstić information content (AvgIpc) is 2.59. The van der Waals surface area contributed by atoms with E-state index in [1.54, 1.807) is 0 Å². The van der Waals surface area contributed by atoms with Crippen LogP contribution in [-0.2, 0) is 4.74 Å². The molecule has 0 spiro atoms. The van der Waals surface area contributed by atoms with Gasteiger partial charge in [-0.05, 0) is 0 Å². The Morgan fingerprint density at radius 1 is 1.62 bits per heavy atom. The van der Waals surface area contributed by atoms with E-state index in [0.29, 0.717) is 6.42 Å². The van der Waals surface area contributed by atoms with E-state index < -0.39 is 17.5 Å². The molecule has 0 bridgehead atoms. The second-order valence-corrected chi connectivity index (χ2v) is 4.76. The van der Waals surface area contributed by atoms with Crippen molar-refractivity contribution in [3.05, 3.63) is 33.1 Å². The van der Waals surface area contributed by atoms with Gasteiger partial charge in [-0.3, -0.25) is 14.3 Å². The molecule has 1 aliphatic heterocycles. The van der Waals surface area contributed by atoms with Gasteiger partial charge in [0.05, 0.1) is 12.7 Å². The lowest BCUT2D eigenvalue weighted by molar-refractivity contribution is -0.0235. The molecule has 2 N–H and O–H groups in total. The highest BCUT2D eigenvalue weighted by atomic mass is 79.9. The second-order valence-electron chi connectivity index (χ2n) is 3.58. The number of H-pyrrole nitrogens is 1. The molecule has 0 radical (unpaired) electrons. The zero-order chi connectivity index (χ0) is 11.7. The van der Waals surface area contributed by atoms with Gasteiger partial charge in [-0.1, -0.05) is 15.9 Å². The van der Waals surface area contributed by atoms with Crippen LogP contribution in [0, 0.1) is 0 Å². The smallest absolute Gasteiger partial charge is 0.330 e. The highest BCUT2D eigenvalue weighted by Gasteiger charge is 2.34. The van der Waals surface area contributed by atoms with Crippen molar-refractivity contribution >= 4 is 15.9 Å². The van der Waals surface area contributed by atoms with E-state index in [0.717, 1.165) is 0 Å². The van der Waals surface area contributed by atoms with Crippen LogP contribution in [0.2, 0.25) is 0 Å². The van der Waals surface area contributed by atoms with Crippen LogP contribution in [0.25, 0.3) is 0 Å². The topological polar surface area (TPSA) is 84.3 Å². The lowest BCUT2D eigenvalue weighted by Gasteiger charge is -2.13. The lowest BCUT2D eigenvalue weighted by Crippen LogP contribution is -2.31. The van der Waals surface area contributed by atoms with E-state index in [4.69, 9.17) is 9.84 Å². The van der Waals surface area contributed by atoms with Crippen molar-refractivity contribution in [2.75, 3.05) is 6.61 Å². The van der Waals surface area contributed by atoms with Crippen molar-refractivity contribution < 1.29 is 9.84 Å². The summed E-state index contributed by atoms with van der Waals surface area (Å²) in [6, 6.07) is 1.26. The van der Waals surface area contributed by atoms with Crippen molar-refractivity contribution in [2.24, 2.45) is 0 Å². The van der Waals surface area contributed by atoms with Gasteiger partial charge < -0.3 is 9.84 Å². The molecule has 0 saturated carbocycles. The summed E-state index contributed by atoms with van der Waals surface area (Å²) in [4.78, 5) is 24.5. The van der Waals surface area contributed by atoms with E-state index in [1.807, 2.05) is 0 Å². The zero-order valence-corrected chi connectivity index (χ0v) is 9.88. The van der Waals surface area contributed by atoms with Crippen molar-refractivity contribution in [3.8, 4) is 0 Å². The minimum atomic E-state index is -0.504. The van der Waals surface area contributed by atoms with E-state index in [1.165, 1.54) is 16.8 Å². The SMILES string of the molecule is O=c1ccn([C@H]2C[C@H](Br)[C@@H](CO)O2)c(=O)[nH]1. The van der Waals surface area contributed by atoms with E-state index in [9.17, 15) is 9.59 Å². The van der Waals surface area contributed by atoms with Crippen molar-refractivity contribution in [2.45, 2.75) is 23.6 Å².